The van der Waals surface area contributed by atoms with Crippen LogP contribution in [0.1, 0.15) is 24.6 Å². The fraction of sp³-hybridized carbons (Fsp3) is 0.368. The number of rotatable bonds is 4. The number of pyridine rings is 1. The van der Waals surface area contributed by atoms with Gasteiger partial charge in [0, 0.05) is 24.2 Å². The van der Waals surface area contributed by atoms with E-state index in [1.165, 1.54) is 11.1 Å². The number of fused-ring (bicyclic) bond motifs is 1. The minimum atomic E-state index is -0.106. The second kappa shape index (κ2) is 7.78. The molecule has 4 heterocycles. The number of hydrogen-bond acceptors (Lipinski definition) is 6. The maximum Gasteiger partial charge on any atom is 0.230 e. The van der Waals surface area contributed by atoms with Gasteiger partial charge in [0.05, 0.1) is 16.3 Å². The van der Waals surface area contributed by atoms with Gasteiger partial charge in [-0.25, -0.2) is 15.0 Å². The predicted octanol–water partition coefficient (Wildman–Crippen LogP) is 4.16. The summed E-state index contributed by atoms with van der Waals surface area (Å²) in [7, 11) is 0. The van der Waals surface area contributed by atoms with Crippen molar-refractivity contribution in [2.24, 2.45) is 5.92 Å². The van der Waals surface area contributed by atoms with E-state index in [4.69, 9.17) is 11.6 Å². The van der Waals surface area contributed by atoms with Crippen LogP contribution in [-0.4, -0.2) is 33.9 Å². The van der Waals surface area contributed by atoms with Gasteiger partial charge in [0.15, 0.2) is 0 Å². The first-order valence-corrected chi connectivity index (χ1v) is 10.2. The third-order valence-corrected chi connectivity index (χ3v) is 6.19. The summed E-state index contributed by atoms with van der Waals surface area (Å²) in [5.74, 6) is 1.33. The third-order valence-electron chi connectivity index (χ3n) is 4.78. The number of piperidine rings is 1. The Balaban J connectivity index is 1.52. The highest BCUT2D eigenvalue weighted by Crippen LogP contribution is 2.32. The van der Waals surface area contributed by atoms with Gasteiger partial charge < -0.3 is 10.2 Å². The summed E-state index contributed by atoms with van der Waals surface area (Å²) in [5, 5.41) is 4.53. The molecule has 3 aromatic heterocycles. The SMILES string of the molecule is CCc1cc2c(N3CCCC(C(=O)Nc4ccc(Cl)cn4)C3)ncnc2s1. The highest BCUT2D eigenvalue weighted by Gasteiger charge is 2.28. The van der Waals surface area contributed by atoms with Crippen LogP contribution in [0.4, 0.5) is 11.6 Å². The normalized spacial score (nSPS) is 17.3. The lowest BCUT2D eigenvalue weighted by Gasteiger charge is -2.33. The van der Waals surface area contributed by atoms with Gasteiger partial charge in [-0.1, -0.05) is 18.5 Å². The lowest BCUT2D eigenvalue weighted by atomic mass is 9.97. The Labute approximate surface area is 166 Å². The first kappa shape index (κ1) is 18.1. The summed E-state index contributed by atoms with van der Waals surface area (Å²) in [6.07, 6.45) is 5.94. The van der Waals surface area contributed by atoms with Gasteiger partial charge in [0.25, 0.3) is 0 Å². The van der Waals surface area contributed by atoms with Crippen LogP contribution < -0.4 is 10.2 Å². The summed E-state index contributed by atoms with van der Waals surface area (Å²) in [6.45, 7) is 3.68. The molecule has 1 aliphatic heterocycles. The van der Waals surface area contributed by atoms with E-state index >= 15 is 0 Å². The molecule has 1 amide bonds. The molecule has 0 spiro atoms. The molecule has 1 fully saturated rings. The maximum atomic E-state index is 12.7. The first-order valence-electron chi connectivity index (χ1n) is 9.05. The van der Waals surface area contributed by atoms with E-state index in [-0.39, 0.29) is 11.8 Å². The number of aryl methyl sites for hydroxylation is 1. The van der Waals surface area contributed by atoms with Crippen LogP contribution in [0, 0.1) is 5.92 Å². The quantitative estimate of drug-likeness (QED) is 0.710. The molecule has 4 rings (SSSR count). The Morgan fingerprint density at radius 1 is 1.37 bits per heavy atom. The Kier molecular flexibility index (Phi) is 5.22. The molecule has 1 aliphatic rings. The molecule has 0 aromatic carbocycles. The topological polar surface area (TPSA) is 71.0 Å². The molecule has 140 valence electrons. The van der Waals surface area contributed by atoms with Crippen molar-refractivity contribution in [3.63, 3.8) is 0 Å². The van der Waals surface area contributed by atoms with Crippen molar-refractivity contribution in [3.8, 4) is 0 Å². The Morgan fingerprint density at radius 3 is 3.04 bits per heavy atom. The van der Waals surface area contributed by atoms with Crippen LogP contribution in [0.2, 0.25) is 5.02 Å². The number of carbonyl (C=O) groups is 1. The maximum absolute atomic E-state index is 12.7. The van der Waals surface area contributed by atoms with Crippen LogP contribution in [-0.2, 0) is 11.2 Å². The van der Waals surface area contributed by atoms with E-state index < -0.39 is 0 Å². The van der Waals surface area contributed by atoms with E-state index in [9.17, 15) is 4.79 Å². The van der Waals surface area contributed by atoms with Crippen LogP contribution in [0.5, 0.6) is 0 Å². The lowest BCUT2D eigenvalue weighted by molar-refractivity contribution is -0.120. The van der Waals surface area contributed by atoms with Gasteiger partial charge in [-0.3, -0.25) is 4.79 Å². The molecule has 0 aliphatic carbocycles. The van der Waals surface area contributed by atoms with Crippen LogP contribution in [0.3, 0.4) is 0 Å². The van der Waals surface area contributed by atoms with Gasteiger partial charge in [0.2, 0.25) is 5.91 Å². The molecule has 3 aromatic rings. The molecule has 0 radical (unpaired) electrons. The average molecular weight is 402 g/mol. The smallest absolute Gasteiger partial charge is 0.230 e. The van der Waals surface area contributed by atoms with E-state index in [0.29, 0.717) is 17.4 Å². The summed E-state index contributed by atoms with van der Waals surface area (Å²) in [6, 6.07) is 5.61. The highest BCUT2D eigenvalue weighted by atomic mass is 35.5. The number of aromatic nitrogens is 3. The molecule has 6 nitrogen and oxygen atoms in total. The number of carbonyl (C=O) groups excluding carboxylic acids is 1. The van der Waals surface area contributed by atoms with Crippen molar-refractivity contribution in [1.29, 1.82) is 0 Å². The van der Waals surface area contributed by atoms with Crippen molar-refractivity contribution in [3.05, 3.63) is 40.6 Å². The summed E-state index contributed by atoms with van der Waals surface area (Å²) >= 11 is 7.56. The standard InChI is InChI=1S/C19H20ClN5OS/c1-2-14-8-15-17(22-11-23-19(15)27-14)25-7-3-4-12(10-25)18(26)24-16-6-5-13(20)9-21-16/h5-6,8-9,11-12H,2-4,7,10H2,1H3,(H,21,24,26). The molecule has 1 unspecified atom stereocenters. The fourth-order valence-corrected chi connectivity index (χ4v) is 4.42. The molecule has 8 heteroatoms. The number of amides is 1. The minimum absolute atomic E-state index is 0.0145. The van der Waals surface area contributed by atoms with Crippen molar-refractivity contribution < 1.29 is 4.79 Å². The van der Waals surface area contributed by atoms with Crippen molar-refractivity contribution in [1.82, 2.24) is 15.0 Å². The molecule has 0 bridgehead atoms. The minimum Gasteiger partial charge on any atom is -0.355 e. The Morgan fingerprint density at radius 2 is 2.26 bits per heavy atom. The second-order valence-corrected chi connectivity index (χ2v) is 8.17. The second-order valence-electron chi connectivity index (χ2n) is 6.62. The number of anilines is 2. The zero-order valence-corrected chi connectivity index (χ0v) is 16.6. The van der Waals surface area contributed by atoms with Gasteiger partial charge in [-0.05, 0) is 37.5 Å². The monoisotopic (exact) mass is 401 g/mol. The van der Waals surface area contributed by atoms with E-state index in [1.807, 2.05) is 0 Å². The van der Waals surface area contributed by atoms with E-state index in [1.54, 1.807) is 29.8 Å². The number of halogens is 1. The summed E-state index contributed by atoms with van der Waals surface area (Å²) < 4.78 is 0. The zero-order valence-electron chi connectivity index (χ0n) is 15.0. The lowest BCUT2D eigenvalue weighted by Crippen LogP contribution is -2.41. The van der Waals surface area contributed by atoms with Crippen molar-refractivity contribution in [2.45, 2.75) is 26.2 Å². The van der Waals surface area contributed by atoms with Gasteiger partial charge in [0.1, 0.15) is 22.8 Å². The largest absolute Gasteiger partial charge is 0.355 e. The molecule has 27 heavy (non-hydrogen) atoms. The van der Waals surface area contributed by atoms with Crippen LogP contribution in [0.15, 0.2) is 30.7 Å². The third kappa shape index (κ3) is 3.89. The highest BCUT2D eigenvalue weighted by molar-refractivity contribution is 7.18. The molecule has 1 saturated heterocycles. The van der Waals surface area contributed by atoms with E-state index in [2.05, 4.69) is 38.2 Å². The molecule has 0 saturated carbocycles. The van der Waals surface area contributed by atoms with Gasteiger partial charge in [-0.2, -0.15) is 0 Å². The summed E-state index contributed by atoms with van der Waals surface area (Å²) in [5.41, 5.74) is 0. The Hall–Kier alpha value is -2.25. The van der Waals surface area contributed by atoms with Crippen molar-refractivity contribution in [2.75, 3.05) is 23.3 Å². The van der Waals surface area contributed by atoms with E-state index in [0.717, 1.165) is 41.8 Å². The average Bonchev–Trinajstić information content (AvgIpc) is 3.13. The molecular weight excluding hydrogens is 382 g/mol. The number of nitrogens with zero attached hydrogens (tertiary/aromatic N) is 4. The Bertz CT molecular complexity index is 958. The number of hydrogen-bond donors (Lipinski definition) is 1. The van der Waals surface area contributed by atoms with Crippen molar-refractivity contribution >= 4 is 50.7 Å². The van der Waals surface area contributed by atoms with Crippen LogP contribution >= 0.6 is 22.9 Å². The van der Waals surface area contributed by atoms with Crippen LogP contribution in [0.25, 0.3) is 10.2 Å². The van der Waals surface area contributed by atoms with Gasteiger partial charge >= 0.3 is 0 Å². The zero-order chi connectivity index (χ0) is 18.8. The molecule has 1 N–H and O–H groups in total. The fourth-order valence-electron chi connectivity index (χ4n) is 3.38. The molecular formula is C19H20ClN5OS. The van der Waals surface area contributed by atoms with Gasteiger partial charge in [-0.15, -0.1) is 11.3 Å². The summed E-state index contributed by atoms with van der Waals surface area (Å²) in [4.78, 5) is 30.3. The number of nitrogens with one attached hydrogen (secondary N) is 1. The first-order chi connectivity index (χ1) is 13.1. The number of thiophene rings is 1. The predicted molar refractivity (Wildman–Crippen MR) is 110 cm³/mol. The molecule has 1 atom stereocenters.